The lowest BCUT2D eigenvalue weighted by molar-refractivity contribution is -0.138. The van der Waals surface area contributed by atoms with Gasteiger partial charge in [0.2, 0.25) is 0 Å². The SMILES string of the molecule is CC(=O)O[Si]1(C)O[Si](C)(OC(C)=O)O[Si](C)(OC(C)=O)O[Si](C)(OC(C)=O)O1. The van der Waals surface area contributed by atoms with Crippen molar-refractivity contribution in [3.8, 4) is 0 Å². The van der Waals surface area contributed by atoms with E-state index in [4.69, 9.17) is 34.2 Å². The van der Waals surface area contributed by atoms with E-state index in [1.165, 1.54) is 26.2 Å². The molecule has 0 atom stereocenters. The van der Waals surface area contributed by atoms with Crippen LogP contribution in [-0.2, 0) is 53.3 Å². The first-order valence-electron chi connectivity index (χ1n) is 8.08. The molecule has 160 valence electrons. The summed E-state index contributed by atoms with van der Waals surface area (Å²) in [5.41, 5.74) is 0. The van der Waals surface area contributed by atoms with E-state index < -0.39 is 59.1 Å². The minimum Gasteiger partial charge on any atom is -0.474 e. The van der Waals surface area contributed by atoms with Crippen LogP contribution in [0.5, 0.6) is 0 Å². The molecule has 1 rings (SSSR count). The van der Waals surface area contributed by atoms with Crippen LogP contribution >= 0.6 is 0 Å². The summed E-state index contributed by atoms with van der Waals surface area (Å²) in [6.07, 6.45) is 0. The Morgan fingerprint density at radius 1 is 0.464 bits per heavy atom. The van der Waals surface area contributed by atoms with Gasteiger partial charge in [0.05, 0.1) is 0 Å². The second-order valence-electron chi connectivity index (χ2n) is 6.23. The summed E-state index contributed by atoms with van der Waals surface area (Å²) in [6, 6.07) is 0. The van der Waals surface area contributed by atoms with Crippen LogP contribution in [0.15, 0.2) is 0 Å². The van der Waals surface area contributed by atoms with Crippen molar-refractivity contribution >= 4 is 59.1 Å². The zero-order valence-electron chi connectivity index (χ0n) is 16.9. The van der Waals surface area contributed by atoms with Crippen molar-refractivity contribution in [2.45, 2.75) is 53.9 Å². The molecule has 0 radical (unpaired) electrons. The summed E-state index contributed by atoms with van der Waals surface area (Å²) in [5, 5.41) is 0. The Bertz CT molecular complexity index is 547. The number of rotatable bonds is 4. The van der Waals surface area contributed by atoms with Crippen LogP contribution in [-0.4, -0.2) is 59.1 Å². The van der Waals surface area contributed by atoms with E-state index in [9.17, 15) is 19.2 Å². The number of hydrogen-bond donors (Lipinski definition) is 0. The summed E-state index contributed by atoms with van der Waals surface area (Å²) in [5.74, 6) is -2.97. The van der Waals surface area contributed by atoms with Crippen LogP contribution in [0.4, 0.5) is 0 Å². The van der Waals surface area contributed by atoms with Crippen LogP contribution in [0, 0.1) is 0 Å². The number of carbonyl (C=O) groups is 4. The summed E-state index contributed by atoms with van der Waals surface area (Å²) < 4.78 is 44.0. The van der Waals surface area contributed by atoms with Crippen LogP contribution in [0.2, 0.25) is 26.2 Å². The largest absolute Gasteiger partial charge is 0.551 e. The Kier molecular flexibility index (Phi) is 7.50. The second-order valence-corrected chi connectivity index (χ2v) is 17.2. The number of carbonyl (C=O) groups excluding carboxylic acids is 4. The van der Waals surface area contributed by atoms with Gasteiger partial charge in [0.25, 0.3) is 23.9 Å². The highest BCUT2D eigenvalue weighted by Gasteiger charge is 2.66. The van der Waals surface area contributed by atoms with Gasteiger partial charge in [0, 0.05) is 53.9 Å². The lowest BCUT2D eigenvalue weighted by atomic mass is 10.9. The summed E-state index contributed by atoms with van der Waals surface area (Å²) in [6.45, 7) is 9.83. The Labute approximate surface area is 166 Å². The van der Waals surface area contributed by atoms with Gasteiger partial charge >= 0.3 is 35.2 Å². The van der Waals surface area contributed by atoms with Crippen molar-refractivity contribution in [1.29, 1.82) is 0 Å². The maximum atomic E-state index is 11.6. The molecular formula is C12H24O12Si4. The summed E-state index contributed by atoms with van der Waals surface area (Å²) in [4.78, 5) is 46.3. The average Bonchev–Trinajstić information content (AvgIpc) is 2.28. The topological polar surface area (TPSA) is 142 Å². The zero-order valence-corrected chi connectivity index (χ0v) is 20.9. The Balaban J connectivity index is 3.48. The Hall–Kier alpha value is -1.41. The molecule has 0 bridgehead atoms. The van der Waals surface area contributed by atoms with Crippen molar-refractivity contribution in [2.24, 2.45) is 0 Å². The fourth-order valence-corrected chi connectivity index (χ4v) is 19.0. The Morgan fingerprint density at radius 2 is 0.607 bits per heavy atom. The quantitative estimate of drug-likeness (QED) is 0.528. The first kappa shape index (κ1) is 24.6. The third kappa shape index (κ3) is 7.54. The van der Waals surface area contributed by atoms with Crippen LogP contribution in [0.3, 0.4) is 0 Å². The minimum atomic E-state index is -3.94. The molecule has 0 unspecified atom stereocenters. The molecule has 0 N–H and O–H groups in total. The molecule has 0 aliphatic carbocycles. The fraction of sp³-hybridized carbons (Fsp3) is 0.667. The maximum Gasteiger partial charge on any atom is 0.551 e. The monoisotopic (exact) mass is 472 g/mol. The van der Waals surface area contributed by atoms with Gasteiger partial charge < -0.3 is 34.2 Å². The van der Waals surface area contributed by atoms with Crippen molar-refractivity contribution < 1.29 is 53.3 Å². The van der Waals surface area contributed by atoms with Gasteiger partial charge in [-0.2, -0.15) is 0 Å². The molecule has 1 fully saturated rings. The van der Waals surface area contributed by atoms with E-state index in [-0.39, 0.29) is 0 Å². The van der Waals surface area contributed by atoms with E-state index in [0.717, 1.165) is 27.7 Å². The third-order valence-corrected chi connectivity index (χ3v) is 17.3. The van der Waals surface area contributed by atoms with E-state index in [1.807, 2.05) is 0 Å². The maximum absolute atomic E-state index is 11.6. The highest BCUT2D eigenvalue weighted by Crippen LogP contribution is 2.33. The number of hydrogen-bond acceptors (Lipinski definition) is 12. The van der Waals surface area contributed by atoms with Crippen molar-refractivity contribution in [3.05, 3.63) is 0 Å². The van der Waals surface area contributed by atoms with Gasteiger partial charge in [-0.25, -0.2) is 0 Å². The molecule has 1 saturated heterocycles. The molecule has 1 aliphatic rings. The first-order chi connectivity index (χ1) is 12.5. The first-order valence-corrected chi connectivity index (χ1v) is 17.0. The predicted molar refractivity (Wildman–Crippen MR) is 97.9 cm³/mol. The van der Waals surface area contributed by atoms with E-state index in [2.05, 4.69) is 0 Å². The molecule has 1 aliphatic heterocycles. The fourth-order valence-electron chi connectivity index (χ4n) is 2.64. The molecule has 16 heteroatoms. The molecule has 0 saturated carbocycles. The lowest BCUT2D eigenvalue weighted by Gasteiger charge is -2.44. The standard InChI is InChI=1S/C12H24O12Si4/c1-9(13)17-25(5)21-26(6,18-10(2)14)23-28(8,20-12(4)16)24-27(7,22-25)19-11(3)15/h1-8H3. The molecule has 0 aromatic rings. The summed E-state index contributed by atoms with van der Waals surface area (Å²) in [7, 11) is -15.8. The van der Waals surface area contributed by atoms with Gasteiger partial charge in [0.1, 0.15) is 0 Å². The molecule has 0 spiro atoms. The lowest BCUT2D eigenvalue weighted by Crippen LogP contribution is -2.71. The van der Waals surface area contributed by atoms with Crippen molar-refractivity contribution in [1.82, 2.24) is 0 Å². The van der Waals surface area contributed by atoms with Crippen molar-refractivity contribution in [3.63, 3.8) is 0 Å². The van der Waals surface area contributed by atoms with Crippen molar-refractivity contribution in [2.75, 3.05) is 0 Å². The highest BCUT2D eigenvalue weighted by molar-refractivity contribution is 6.89. The predicted octanol–water partition coefficient (Wildman–Crippen LogP) is 0.594. The van der Waals surface area contributed by atoms with E-state index in [1.54, 1.807) is 0 Å². The average molecular weight is 473 g/mol. The van der Waals surface area contributed by atoms with Crippen LogP contribution in [0.25, 0.3) is 0 Å². The van der Waals surface area contributed by atoms with Crippen LogP contribution < -0.4 is 0 Å². The van der Waals surface area contributed by atoms with Gasteiger partial charge in [-0.3, -0.25) is 19.2 Å². The Morgan fingerprint density at radius 3 is 0.714 bits per heavy atom. The van der Waals surface area contributed by atoms with Gasteiger partial charge in [-0.05, 0) is 0 Å². The smallest absolute Gasteiger partial charge is 0.474 e. The molecule has 0 aromatic carbocycles. The molecule has 0 aromatic heterocycles. The molecule has 28 heavy (non-hydrogen) atoms. The van der Waals surface area contributed by atoms with E-state index in [0.29, 0.717) is 0 Å². The van der Waals surface area contributed by atoms with E-state index >= 15 is 0 Å². The molecule has 12 nitrogen and oxygen atoms in total. The van der Waals surface area contributed by atoms with Crippen LogP contribution in [0.1, 0.15) is 27.7 Å². The molecular weight excluding hydrogens is 448 g/mol. The molecule has 0 amide bonds. The zero-order chi connectivity index (χ0) is 22.0. The highest BCUT2D eigenvalue weighted by atomic mass is 28.6. The summed E-state index contributed by atoms with van der Waals surface area (Å²) >= 11 is 0. The van der Waals surface area contributed by atoms with Gasteiger partial charge in [-0.1, -0.05) is 0 Å². The van der Waals surface area contributed by atoms with Gasteiger partial charge in [-0.15, -0.1) is 0 Å². The molecule has 1 heterocycles. The third-order valence-electron chi connectivity index (χ3n) is 2.80. The second kappa shape index (κ2) is 8.53. The normalized spacial score (nSPS) is 35.7. The van der Waals surface area contributed by atoms with Gasteiger partial charge in [0.15, 0.2) is 0 Å². The minimum absolute atomic E-state index is 0.743.